The number of hydrogen-bond donors (Lipinski definition) is 3. The van der Waals surface area contributed by atoms with Crippen molar-refractivity contribution in [1.82, 2.24) is 20.2 Å². The van der Waals surface area contributed by atoms with Crippen molar-refractivity contribution in [3.05, 3.63) is 48.0 Å². The molecule has 2 aromatic heterocycles. The number of carbonyl (C=O) groups excluding carboxylic acids is 1. The summed E-state index contributed by atoms with van der Waals surface area (Å²) >= 11 is 0. The molecule has 8 nitrogen and oxygen atoms in total. The molecule has 3 N–H and O–H groups in total. The number of carbonyl (C=O) groups is 1. The van der Waals surface area contributed by atoms with E-state index in [0.29, 0.717) is 36.4 Å². The van der Waals surface area contributed by atoms with Crippen molar-refractivity contribution in [1.29, 1.82) is 0 Å². The SMILES string of the molecule is CCOCCOc1ccc(-c2ncc(C(F)(F)F)[nH]2)cc1NC(=O)C#Cc1ccn[nH]1. The van der Waals surface area contributed by atoms with E-state index in [1.165, 1.54) is 24.4 Å². The van der Waals surface area contributed by atoms with Gasteiger partial charge in [0, 0.05) is 24.3 Å². The summed E-state index contributed by atoms with van der Waals surface area (Å²) in [5.74, 6) is 4.66. The van der Waals surface area contributed by atoms with Crippen molar-refractivity contribution >= 4 is 11.6 Å². The number of H-pyrrole nitrogens is 2. The second-order valence-corrected chi connectivity index (χ2v) is 6.07. The van der Waals surface area contributed by atoms with Crippen molar-refractivity contribution in [2.45, 2.75) is 13.1 Å². The number of nitrogens with one attached hydrogen (secondary N) is 3. The number of nitrogens with zero attached hydrogens (tertiary/aromatic N) is 2. The average molecular weight is 433 g/mol. The van der Waals surface area contributed by atoms with Gasteiger partial charge in [0.1, 0.15) is 29.6 Å². The van der Waals surface area contributed by atoms with Crippen LogP contribution in [-0.2, 0) is 15.7 Å². The van der Waals surface area contributed by atoms with Crippen LogP contribution in [0.1, 0.15) is 18.3 Å². The van der Waals surface area contributed by atoms with E-state index in [2.05, 4.69) is 37.3 Å². The highest BCUT2D eigenvalue weighted by atomic mass is 19.4. The molecule has 0 aliphatic carbocycles. The first-order valence-electron chi connectivity index (χ1n) is 9.16. The van der Waals surface area contributed by atoms with Crippen molar-refractivity contribution in [3.8, 4) is 29.0 Å². The Hall–Kier alpha value is -3.78. The van der Waals surface area contributed by atoms with Crippen LogP contribution in [0.5, 0.6) is 5.75 Å². The molecule has 0 fully saturated rings. The normalized spacial score (nSPS) is 11.0. The lowest BCUT2D eigenvalue weighted by Gasteiger charge is -2.13. The minimum Gasteiger partial charge on any atom is -0.489 e. The zero-order valence-corrected chi connectivity index (χ0v) is 16.3. The Morgan fingerprint density at radius 2 is 2.10 bits per heavy atom. The molecule has 0 radical (unpaired) electrons. The van der Waals surface area contributed by atoms with Gasteiger partial charge in [-0.15, -0.1) is 0 Å². The summed E-state index contributed by atoms with van der Waals surface area (Å²) in [5.41, 5.74) is 0.0234. The zero-order valence-electron chi connectivity index (χ0n) is 16.3. The third-order valence-corrected chi connectivity index (χ3v) is 3.88. The van der Waals surface area contributed by atoms with Gasteiger partial charge in [0.05, 0.1) is 18.5 Å². The van der Waals surface area contributed by atoms with Gasteiger partial charge in [-0.2, -0.15) is 18.3 Å². The van der Waals surface area contributed by atoms with Crippen LogP contribution in [0, 0.1) is 11.8 Å². The second-order valence-electron chi connectivity index (χ2n) is 6.07. The summed E-state index contributed by atoms with van der Waals surface area (Å²) in [5, 5.41) is 8.92. The predicted molar refractivity (Wildman–Crippen MR) is 105 cm³/mol. The van der Waals surface area contributed by atoms with Crippen LogP contribution in [-0.4, -0.2) is 45.9 Å². The smallest absolute Gasteiger partial charge is 0.432 e. The van der Waals surface area contributed by atoms with Crippen molar-refractivity contribution in [2.24, 2.45) is 0 Å². The van der Waals surface area contributed by atoms with Crippen LogP contribution >= 0.6 is 0 Å². The molecule has 0 bridgehead atoms. The number of anilines is 1. The first-order chi connectivity index (χ1) is 14.9. The summed E-state index contributed by atoms with van der Waals surface area (Å²) in [6.45, 7) is 2.92. The maximum atomic E-state index is 12.9. The van der Waals surface area contributed by atoms with Gasteiger partial charge in [-0.25, -0.2) is 4.98 Å². The molecule has 11 heteroatoms. The molecule has 2 heterocycles. The molecular formula is C20H18F3N5O3. The van der Waals surface area contributed by atoms with E-state index in [4.69, 9.17) is 9.47 Å². The van der Waals surface area contributed by atoms with Gasteiger partial charge in [0.15, 0.2) is 0 Å². The van der Waals surface area contributed by atoms with Crippen molar-refractivity contribution < 1.29 is 27.4 Å². The highest BCUT2D eigenvalue weighted by molar-refractivity contribution is 6.05. The number of aromatic nitrogens is 4. The van der Waals surface area contributed by atoms with Gasteiger partial charge in [-0.1, -0.05) is 0 Å². The number of alkyl halides is 3. The minimum absolute atomic E-state index is 0.00719. The Balaban J connectivity index is 1.84. The van der Waals surface area contributed by atoms with Crippen LogP contribution in [0.2, 0.25) is 0 Å². The van der Waals surface area contributed by atoms with Gasteiger partial charge in [0.25, 0.3) is 0 Å². The molecule has 1 aromatic carbocycles. The fourth-order valence-electron chi connectivity index (χ4n) is 2.47. The number of rotatable bonds is 7. The number of aromatic amines is 2. The molecule has 0 atom stereocenters. The monoisotopic (exact) mass is 433 g/mol. The number of ether oxygens (including phenoxy) is 2. The van der Waals surface area contributed by atoms with Crippen LogP contribution in [0.25, 0.3) is 11.4 Å². The van der Waals surface area contributed by atoms with Gasteiger partial charge in [0.2, 0.25) is 0 Å². The average Bonchev–Trinajstić information content (AvgIpc) is 3.42. The van der Waals surface area contributed by atoms with Crippen LogP contribution in [0.15, 0.2) is 36.7 Å². The predicted octanol–water partition coefficient (Wildman–Crippen LogP) is 3.22. The molecule has 0 unspecified atom stereocenters. The Bertz CT molecular complexity index is 1080. The molecule has 3 rings (SSSR count). The van der Waals surface area contributed by atoms with E-state index in [1.807, 2.05) is 6.92 Å². The number of amides is 1. The third kappa shape index (κ3) is 6.10. The number of halogens is 3. The quantitative estimate of drug-likeness (QED) is 0.392. The summed E-state index contributed by atoms with van der Waals surface area (Å²) in [7, 11) is 0. The van der Waals surface area contributed by atoms with Crippen LogP contribution in [0.4, 0.5) is 18.9 Å². The Labute approximate surface area is 175 Å². The van der Waals surface area contributed by atoms with Crippen LogP contribution < -0.4 is 10.1 Å². The van der Waals surface area contributed by atoms with Gasteiger partial charge >= 0.3 is 12.1 Å². The highest BCUT2D eigenvalue weighted by Gasteiger charge is 2.33. The first-order valence-corrected chi connectivity index (χ1v) is 9.16. The summed E-state index contributed by atoms with van der Waals surface area (Å²) in [6, 6.07) is 6.10. The molecular weight excluding hydrogens is 415 g/mol. The third-order valence-electron chi connectivity index (χ3n) is 3.88. The maximum Gasteiger partial charge on any atom is 0.432 e. The largest absolute Gasteiger partial charge is 0.489 e. The molecule has 162 valence electrons. The van der Waals surface area contributed by atoms with Gasteiger partial charge in [-0.3, -0.25) is 9.89 Å². The topological polar surface area (TPSA) is 105 Å². The Kier molecular flexibility index (Phi) is 6.94. The summed E-state index contributed by atoms with van der Waals surface area (Å²) < 4.78 is 49.4. The molecule has 0 aliphatic heterocycles. The lowest BCUT2D eigenvalue weighted by atomic mass is 10.1. The van der Waals surface area contributed by atoms with E-state index in [0.717, 1.165) is 0 Å². The minimum atomic E-state index is -4.55. The number of hydrogen-bond acceptors (Lipinski definition) is 5. The van der Waals surface area contributed by atoms with Gasteiger partial charge < -0.3 is 19.8 Å². The van der Waals surface area contributed by atoms with E-state index < -0.39 is 17.8 Å². The van der Waals surface area contributed by atoms with E-state index in [1.54, 1.807) is 6.07 Å². The fourth-order valence-corrected chi connectivity index (χ4v) is 2.47. The lowest BCUT2D eigenvalue weighted by molar-refractivity contribution is -0.140. The molecule has 0 aliphatic rings. The lowest BCUT2D eigenvalue weighted by Crippen LogP contribution is -2.12. The van der Waals surface area contributed by atoms with Gasteiger partial charge in [-0.05, 0) is 37.1 Å². The molecule has 31 heavy (non-hydrogen) atoms. The standard InChI is InChI=1S/C20H18F3N5O3/c1-2-30-9-10-31-16-5-3-13(19-24-12-17(27-19)20(21,22)23)11-15(16)26-18(29)6-4-14-7-8-25-28-14/h3,5,7-8,11-12H,2,9-10H2,1H3,(H,24,27)(H,25,28)(H,26,29). The van der Waals surface area contributed by atoms with Crippen LogP contribution in [0.3, 0.4) is 0 Å². The Morgan fingerprint density at radius 1 is 1.26 bits per heavy atom. The molecule has 3 aromatic rings. The summed E-state index contributed by atoms with van der Waals surface area (Å²) in [6.07, 6.45) is -2.35. The number of imidazole rings is 1. The maximum absolute atomic E-state index is 12.9. The molecule has 0 saturated carbocycles. The van der Waals surface area contributed by atoms with E-state index >= 15 is 0 Å². The Morgan fingerprint density at radius 3 is 2.77 bits per heavy atom. The van der Waals surface area contributed by atoms with E-state index in [-0.39, 0.29) is 18.1 Å². The molecule has 0 saturated heterocycles. The van der Waals surface area contributed by atoms with Crippen molar-refractivity contribution in [2.75, 3.05) is 25.1 Å². The van der Waals surface area contributed by atoms with Crippen molar-refractivity contribution in [3.63, 3.8) is 0 Å². The second kappa shape index (κ2) is 9.82. The first kappa shape index (κ1) is 21.9. The molecule has 0 spiro atoms. The molecule has 1 amide bonds. The zero-order chi connectivity index (χ0) is 22.3. The summed E-state index contributed by atoms with van der Waals surface area (Å²) in [4.78, 5) is 18.2. The highest BCUT2D eigenvalue weighted by Crippen LogP contribution is 2.32. The van der Waals surface area contributed by atoms with E-state index in [9.17, 15) is 18.0 Å². The number of benzene rings is 1. The fraction of sp³-hybridized carbons (Fsp3) is 0.250.